The fraction of sp³-hybridized carbons (Fsp3) is 0.227. The summed E-state index contributed by atoms with van der Waals surface area (Å²) in [5.74, 6) is 1.31. The van der Waals surface area contributed by atoms with Crippen molar-refractivity contribution >= 4 is 11.6 Å². The predicted octanol–water partition coefficient (Wildman–Crippen LogP) is 4.42. The molecule has 0 fully saturated rings. The van der Waals surface area contributed by atoms with Crippen molar-refractivity contribution in [2.45, 2.75) is 33.1 Å². The predicted molar refractivity (Wildman–Crippen MR) is 109 cm³/mol. The minimum atomic E-state index is -0.511. The van der Waals surface area contributed by atoms with Gasteiger partial charge in [0.15, 0.2) is 0 Å². The number of rotatable bonds is 4. The van der Waals surface area contributed by atoms with Crippen molar-refractivity contribution < 1.29 is 9.53 Å². The van der Waals surface area contributed by atoms with Crippen LogP contribution in [0.3, 0.4) is 0 Å². The highest BCUT2D eigenvalue weighted by Crippen LogP contribution is 2.24. The largest absolute Gasteiger partial charge is 0.457 e. The van der Waals surface area contributed by atoms with Gasteiger partial charge in [-0.1, -0.05) is 45.0 Å². The van der Waals surface area contributed by atoms with E-state index < -0.39 is 11.5 Å². The van der Waals surface area contributed by atoms with E-state index in [0.717, 1.165) is 0 Å². The van der Waals surface area contributed by atoms with E-state index in [2.05, 4.69) is 15.3 Å². The van der Waals surface area contributed by atoms with Gasteiger partial charge >= 0.3 is 0 Å². The van der Waals surface area contributed by atoms with Crippen LogP contribution in [0.1, 0.15) is 42.6 Å². The number of benzene rings is 2. The molecule has 0 bridgehead atoms. The molecule has 2 N–H and O–H groups in total. The molecular weight excluding hydrogens is 354 g/mol. The molecular formula is C22H23N3O3. The number of anilines is 1. The van der Waals surface area contributed by atoms with Crippen LogP contribution in [0.15, 0.2) is 59.4 Å². The van der Waals surface area contributed by atoms with Gasteiger partial charge in [-0.2, -0.15) is 0 Å². The average Bonchev–Trinajstić information content (AvgIpc) is 2.61. The lowest BCUT2D eigenvalue weighted by atomic mass is 9.95. The maximum Gasteiger partial charge on any atom is 0.264 e. The van der Waals surface area contributed by atoms with Crippen molar-refractivity contribution in [3.8, 4) is 11.5 Å². The van der Waals surface area contributed by atoms with Crippen LogP contribution in [0, 0.1) is 6.92 Å². The number of aromatic amines is 1. The molecule has 0 aliphatic rings. The van der Waals surface area contributed by atoms with E-state index >= 15 is 0 Å². The van der Waals surface area contributed by atoms with Crippen LogP contribution in [0.4, 0.5) is 5.69 Å². The number of ether oxygens (including phenoxy) is 1. The zero-order valence-corrected chi connectivity index (χ0v) is 16.4. The average molecular weight is 377 g/mol. The van der Waals surface area contributed by atoms with Gasteiger partial charge in [0.1, 0.15) is 22.9 Å². The molecule has 0 aliphatic carbocycles. The normalized spacial score (nSPS) is 11.1. The van der Waals surface area contributed by atoms with Crippen molar-refractivity contribution in [3.63, 3.8) is 0 Å². The summed E-state index contributed by atoms with van der Waals surface area (Å²) in [6.45, 7) is 7.50. The van der Waals surface area contributed by atoms with Crippen molar-refractivity contribution in [2.75, 3.05) is 5.32 Å². The number of hydrogen-bond donors (Lipinski definition) is 2. The summed E-state index contributed by atoms with van der Waals surface area (Å²) in [5.41, 5.74) is 0.149. The Balaban J connectivity index is 1.82. The number of nitrogens with one attached hydrogen (secondary N) is 2. The molecule has 0 atom stereocenters. The number of aryl methyl sites for hydroxylation is 1. The quantitative estimate of drug-likeness (QED) is 0.705. The van der Waals surface area contributed by atoms with Gasteiger partial charge in [0.05, 0.1) is 5.69 Å². The molecule has 0 radical (unpaired) electrons. The molecule has 3 aromatic rings. The smallest absolute Gasteiger partial charge is 0.264 e. The van der Waals surface area contributed by atoms with E-state index in [0.29, 0.717) is 28.7 Å². The molecule has 0 spiro atoms. The third-order valence-corrected chi connectivity index (χ3v) is 4.11. The minimum absolute atomic E-state index is 0.00220. The van der Waals surface area contributed by atoms with Crippen molar-refractivity contribution in [1.29, 1.82) is 0 Å². The van der Waals surface area contributed by atoms with Crippen LogP contribution < -0.4 is 15.6 Å². The van der Waals surface area contributed by atoms with E-state index in [1.165, 1.54) is 0 Å². The van der Waals surface area contributed by atoms with Gasteiger partial charge in [-0.05, 0) is 31.2 Å². The highest BCUT2D eigenvalue weighted by atomic mass is 16.5. The number of para-hydroxylation sites is 1. The van der Waals surface area contributed by atoms with Gasteiger partial charge in [-0.25, -0.2) is 4.98 Å². The van der Waals surface area contributed by atoms with E-state index in [4.69, 9.17) is 4.74 Å². The van der Waals surface area contributed by atoms with Crippen LogP contribution in [0.25, 0.3) is 0 Å². The van der Waals surface area contributed by atoms with Gasteiger partial charge in [0, 0.05) is 17.2 Å². The van der Waals surface area contributed by atoms with Crippen molar-refractivity contribution in [1.82, 2.24) is 9.97 Å². The SMILES string of the molecule is Cc1nc(C(C)(C)C)[nH]c(=O)c1C(=O)Nc1cccc(Oc2ccccc2)c1. The Morgan fingerprint density at radius 1 is 1.04 bits per heavy atom. The zero-order chi connectivity index (χ0) is 20.3. The van der Waals surface area contributed by atoms with Gasteiger partial charge in [-0.3, -0.25) is 9.59 Å². The first-order valence-corrected chi connectivity index (χ1v) is 9.00. The molecule has 6 heteroatoms. The summed E-state index contributed by atoms with van der Waals surface area (Å²) >= 11 is 0. The Bertz CT molecular complexity index is 1050. The number of aromatic nitrogens is 2. The first-order valence-electron chi connectivity index (χ1n) is 9.00. The van der Waals surface area contributed by atoms with Crippen molar-refractivity contribution in [3.05, 3.63) is 82.0 Å². The first-order chi connectivity index (χ1) is 13.2. The first kappa shape index (κ1) is 19.4. The Morgan fingerprint density at radius 2 is 1.71 bits per heavy atom. The zero-order valence-electron chi connectivity index (χ0n) is 16.4. The summed E-state index contributed by atoms with van der Waals surface area (Å²) < 4.78 is 5.78. The molecule has 1 heterocycles. The second kappa shape index (κ2) is 7.68. The van der Waals surface area contributed by atoms with Gasteiger partial charge in [0.25, 0.3) is 11.5 Å². The lowest BCUT2D eigenvalue weighted by Crippen LogP contribution is -2.30. The number of H-pyrrole nitrogens is 1. The van der Waals surface area contributed by atoms with Crippen molar-refractivity contribution in [2.24, 2.45) is 0 Å². The molecule has 0 saturated heterocycles. The fourth-order valence-electron chi connectivity index (χ4n) is 2.66. The van der Waals surface area contributed by atoms with Crippen LogP contribution in [-0.2, 0) is 5.41 Å². The lowest BCUT2D eigenvalue weighted by molar-refractivity contribution is 0.102. The summed E-state index contributed by atoms with van der Waals surface area (Å²) in [5, 5.41) is 2.75. The van der Waals surface area contributed by atoms with Crippen LogP contribution >= 0.6 is 0 Å². The summed E-state index contributed by atoms with van der Waals surface area (Å²) in [6.07, 6.45) is 0. The molecule has 0 saturated carbocycles. The highest BCUT2D eigenvalue weighted by Gasteiger charge is 2.22. The number of carbonyl (C=O) groups is 1. The lowest BCUT2D eigenvalue weighted by Gasteiger charge is -2.18. The number of nitrogens with zero attached hydrogens (tertiary/aromatic N) is 1. The van der Waals surface area contributed by atoms with Crippen LogP contribution in [0.2, 0.25) is 0 Å². The number of hydrogen-bond acceptors (Lipinski definition) is 4. The minimum Gasteiger partial charge on any atom is -0.457 e. The molecule has 1 aromatic heterocycles. The molecule has 0 aliphatic heterocycles. The van der Waals surface area contributed by atoms with Gasteiger partial charge in [0.2, 0.25) is 0 Å². The molecule has 0 unspecified atom stereocenters. The Kier molecular flexibility index (Phi) is 5.31. The summed E-state index contributed by atoms with van der Waals surface area (Å²) in [7, 11) is 0. The third-order valence-electron chi connectivity index (χ3n) is 4.11. The molecule has 28 heavy (non-hydrogen) atoms. The Hall–Kier alpha value is -3.41. The maximum atomic E-state index is 12.7. The van der Waals surface area contributed by atoms with E-state index in [1.54, 1.807) is 31.2 Å². The molecule has 3 rings (SSSR count). The molecule has 1 amide bonds. The Labute approximate surface area is 163 Å². The monoisotopic (exact) mass is 377 g/mol. The van der Waals surface area contributed by atoms with Crippen LogP contribution in [-0.4, -0.2) is 15.9 Å². The Morgan fingerprint density at radius 3 is 2.36 bits per heavy atom. The number of amides is 1. The standard InChI is InChI=1S/C22H23N3O3/c1-14-18(20(27)25-21(23-14)22(2,3)4)19(26)24-15-9-8-12-17(13-15)28-16-10-6-5-7-11-16/h5-13H,1-4H3,(H,24,26)(H,23,25,27). The second-order valence-corrected chi connectivity index (χ2v) is 7.52. The van der Waals surface area contributed by atoms with Crippen LogP contribution in [0.5, 0.6) is 11.5 Å². The van der Waals surface area contributed by atoms with Gasteiger partial charge in [-0.15, -0.1) is 0 Å². The van der Waals surface area contributed by atoms with E-state index in [-0.39, 0.29) is 11.0 Å². The fourth-order valence-corrected chi connectivity index (χ4v) is 2.66. The summed E-state index contributed by atoms with van der Waals surface area (Å²) in [6, 6.07) is 16.3. The molecule has 144 valence electrons. The van der Waals surface area contributed by atoms with E-state index in [9.17, 15) is 9.59 Å². The second-order valence-electron chi connectivity index (χ2n) is 7.52. The topological polar surface area (TPSA) is 84.1 Å². The molecule has 6 nitrogen and oxygen atoms in total. The van der Waals surface area contributed by atoms with Gasteiger partial charge < -0.3 is 15.0 Å². The number of carbonyl (C=O) groups excluding carboxylic acids is 1. The summed E-state index contributed by atoms with van der Waals surface area (Å²) in [4.78, 5) is 32.3. The van der Waals surface area contributed by atoms with E-state index in [1.807, 2.05) is 51.1 Å². The maximum absolute atomic E-state index is 12.7. The third kappa shape index (κ3) is 4.46. The highest BCUT2D eigenvalue weighted by molar-refractivity contribution is 6.04. The molecule has 2 aromatic carbocycles.